The number of nitrogens with one attached hydrogen (secondary N) is 1. The van der Waals surface area contributed by atoms with Gasteiger partial charge >= 0.3 is 0 Å². The van der Waals surface area contributed by atoms with Crippen molar-refractivity contribution in [3.63, 3.8) is 0 Å². The van der Waals surface area contributed by atoms with Crippen molar-refractivity contribution in [3.8, 4) is 5.75 Å². The van der Waals surface area contributed by atoms with Crippen LogP contribution in [0.15, 0.2) is 24.3 Å². The lowest BCUT2D eigenvalue weighted by Gasteiger charge is -2.22. The van der Waals surface area contributed by atoms with Crippen molar-refractivity contribution in [2.75, 3.05) is 19.7 Å². The van der Waals surface area contributed by atoms with Gasteiger partial charge in [0.15, 0.2) is 0 Å². The maximum absolute atomic E-state index is 9.30. The fraction of sp³-hybridized carbons (Fsp3) is 0.462. The lowest BCUT2D eigenvalue weighted by Crippen LogP contribution is -2.36. The van der Waals surface area contributed by atoms with Crippen LogP contribution in [-0.4, -0.2) is 30.9 Å². The van der Waals surface area contributed by atoms with Crippen LogP contribution < -0.4 is 5.32 Å². The van der Waals surface area contributed by atoms with Crippen LogP contribution in [0.1, 0.15) is 12.0 Å². The predicted octanol–water partition coefficient (Wildman–Crippen LogP) is 1.52. The van der Waals surface area contributed by atoms with Crippen molar-refractivity contribution in [1.29, 1.82) is 0 Å². The first-order chi connectivity index (χ1) is 7.84. The van der Waals surface area contributed by atoms with Crippen LogP contribution in [-0.2, 0) is 11.2 Å². The second-order valence-corrected chi connectivity index (χ2v) is 4.06. The van der Waals surface area contributed by atoms with Gasteiger partial charge in [-0.3, -0.25) is 0 Å². The lowest BCUT2D eigenvalue weighted by atomic mass is 10.1. The zero-order valence-corrected chi connectivity index (χ0v) is 9.36. The fourth-order valence-electron chi connectivity index (χ4n) is 1.87. The molecule has 2 rings (SSSR count). The summed E-state index contributed by atoms with van der Waals surface area (Å²) in [5, 5.41) is 12.6. The number of ether oxygens (including phenoxy) is 1. The second-order valence-electron chi connectivity index (χ2n) is 4.06. The highest BCUT2D eigenvalue weighted by Crippen LogP contribution is 2.12. The molecule has 1 aliphatic heterocycles. The Hall–Kier alpha value is -1.06. The number of phenolic OH excluding ortho intramolecular Hbond substituents is 1. The van der Waals surface area contributed by atoms with Crippen molar-refractivity contribution in [2.45, 2.75) is 18.9 Å². The summed E-state index contributed by atoms with van der Waals surface area (Å²) in [4.78, 5) is 0. The van der Waals surface area contributed by atoms with Gasteiger partial charge in [-0.25, -0.2) is 0 Å². The first kappa shape index (κ1) is 11.4. The zero-order valence-electron chi connectivity index (χ0n) is 9.36. The fourth-order valence-corrected chi connectivity index (χ4v) is 1.87. The molecule has 1 fully saturated rings. The number of hydrogen-bond donors (Lipinski definition) is 2. The van der Waals surface area contributed by atoms with Crippen LogP contribution >= 0.6 is 0 Å². The Labute approximate surface area is 96.4 Å². The Balaban J connectivity index is 1.71. The molecule has 1 atom stereocenters. The molecule has 1 heterocycles. The van der Waals surface area contributed by atoms with Gasteiger partial charge in [0.1, 0.15) is 5.75 Å². The van der Waals surface area contributed by atoms with E-state index < -0.39 is 0 Å². The quantitative estimate of drug-likeness (QED) is 0.808. The van der Waals surface area contributed by atoms with Gasteiger partial charge in [-0.15, -0.1) is 0 Å². The van der Waals surface area contributed by atoms with Crippen molar-refractivity contribution >= 4 is 0 Å². The molecule has 0 amide bonds. The van der Waals surface area contributed by atoms with E-state index in [1.165, 1.54) is 0 Å². The Kier molecular flexibility index (Phi) is 4.19. The van der Waals surface area contributed by atoms with Crippen LogP contribution in [0.5, 0.6) is 5.75 Å². The molecule has 1 aliphatic rings. The molecule has 3 heteroatoms. The minimum Gasteiger partial charge on any atom is -0.508 e. The summed E-state index contributed by atoms with van der Waals surface area (Å²) >= 11 is 0. The summed E-state index contributed by atoms with van der Waals surface area (Å²) in [6, 6.07) is 7.33. The molecule has 0 bridgehead atoms. The van der Waals surface area contributed by atoms with E-state index in [2.05, 4.69) is 11.7 Å². The highest BCUT2D eigenvalue weighted by molar-refractivity contribution is 5.27. The molecule has 0 aliphatic carbocycles. The van der Waals surface area contributed by atoms with Gasteiger partial charge in [-0.2, -0.15) is 0 Å². The molecule has 3 nitrogen and oxygen atoms in total. The monoisotopic (exact) mass is 220 g/mol. The Morgan fingerprint density at radius 2 is 2.38 bits per heavy atom. The molecule has 1 aromatic rings. The molecule has 1 aromatic carbocycles. The second kappa shape index (κ2) is 5.87. The molecular formula is C13H18NO2. The predicted molar refractivity (Wildman–Crippen MR) is 63.3 cm³/mol. The van der Waals surface area contributed by atoms with Crippen molar-refractivity contribution in [3.05, 3.63) is 36.2 Å². The van der Waals surface area contributed by atoms with Gasteiger partial charge in [-0.05, 0) is 43.5 Å². The number of phenols is 1. The van der Waals surface area contributed by atoms with Crippen molar-refractivity contribution in [2.24, 2.45) is 0 Å². The molecule has 0 spiro atoms. The standard InChI is InChI=1S/C13H18NO2/c15-12-4-1-3-11(9-12)6-8-16-13-5-2-7-14-10-13/h1,3-5,9,13-15H,2,6-8,10H2. The molecule has 0 saturated carbocycles. The van der Waals surface area contributed by atoms with Crippen molar-refractivity contribution in [1.82, 2.24) is 5.32 Å². The zero-order chi connectivity index (χ0) is 11.2. The highest BCUT2D eigenvalue weighted by atomic mass is 16.5. The number of piperidine rings is 1. The van der Waals surface area contributed by atoms with E-state index in [9.17, 15) is 5.11 Å². The van der Waals surface area contributed by atoms with E-state index in [0.29, 0.717) is 12.4 Å². The van der Waals surface area contributed by atoms with Gasteiger partial charge in [0.2, 0.25) is 0 Å². The summed E-state index contributed by atoms with van der Waals surface area (Å²) in [6.45, 7) is 2.68. The summed E-state index contributed by atoms with van der Waals surface area (Å²) in [5.41, 5.74) is 1.11. The molecule has 1 unspecified atom stereocenters. The maximum atomic E-state index is 9.30. The summed E-state index contributed by atoms with van der Waals surface area (Å²) in [5.74, 6) is 0.323. The van der Waals surface area contributed by atoms with Crippen LogP contribution in [0.2, 0.25) is 0 Å². The summed E-state index contributed by atoms with van der Waals surface area (Å²) in [7, 11) is 0. The van der Waals surface area contributed by atoms with Gasteiger partial charge in [-0.1, -0.05) is 12.1 Å². The number of aromatic hydroxyl groups is 1. The topological polar surface area (TPSA) is 41.5 Å². The molecule has 1 radical (unpaired) electrons. The van der Waals surface area contributed by atoms with Crippen LogP contribution in [0.4, 0.5) is 0 Å². The number of benzene rings is 1. The molecule has 0 aromatic heterocycles. The first-order valence-corrected chi connectivity index (χ1v) is 5.78. The Bertz CT molecular complexity index is 321. The number of hydrogen-bond acceptors (Lipinski definition) is 3. The smallest absolute Gasteiger partial charge is 0.115 e. The summed E-state index contributed by atoms with van der Waals surface area (Å²) in [6.07, 6.45) is 4.39. The molecule has 1 saturated heterocycles. The largest absolute Gasteiger partial charge is 0.508 e. The van der Waals surface area contributed by atoms with Gasteiger partial charge < -0.3 is 15.2 Å². The third kappa shape index (κ3) is 3.51. The molecule has 87 valence electrons. The van der Waals surface area contributed by atoms with E-state index in [0.717, 1.165) is 31.5 Å². The maximum Gasteiger partial charge on any atom is 0.115 e. The van der Waals surface area contributed by atoms with E-state index >= 15 is 0 Å². The Morgan fingerprint density at radius 3 is 3.12 bits per heavy atom. The molecule has 16 heavy (non-hydrogen) atoms. The van der Waals surface area contributed by atoms with Gasteiger partial charge in [0.25, 0.3) is 0 Å². The SMILES string of the molecule is Oc1cccc(CCOC2[CH]CCNC2)c1. The molecular weight excluding hydrogens is 202 g/mol. The summed E-state index contributed by atoms with van der Waals surface area (Å²) < 4.78 is 5.73. The van der Waals surface area contributed by atoms with E-state index in [1.807, 2.05) is 12.1 Å². The third-order valence-electron chi connectivity index (χ3n) is 2.73. The average Bonchev–Trinajstić information content (AvgIpc) is 2.30. The van der Waals surface area contributed by atoms with Gasteiger partial charge in [0, 0.05) is 6.54 Å². The minimum absolute atomic E-state index is 0.242. The normalized spacial score (nSPS) is 20.9. The third-order valence-corrected chi connectivity index (χ3v) is 2.73. The number of rotatable bonds is 4. The van der Waals surface area contributed by atoms with E-state index in [1.54, 1.807) is 12.1 Å². The van der Waals surface area contributed by atoms with Gasteiger partial charge in [0.05, 0.1) is 12.7 Å². The Morgan fingerprint density at radius 1 is 1.44 bits per heavy atom. The first-order valence-electron chi connectivity index (χ1n) is 5.78. The van der Waals surface area contributed by atoms with E-state index in [-0.39, 0.29) is 6.10 Å². The lowest BCUT2D eigenvalue weighted by molar-refractivity contribution is 0.0677. The van der Waals surface area contributed by atoms with Crippen LogP contribution in [0.3, 0.4) is 0 Å². The van der Waals surface area contributed by atoms with E-state index in [4.69, 9.17) is 4.74 Å². The van der Waals surface area contributed by atoms with Crippen LogP contribution in [0.25, 0.3) is 0 Å². The highest BCUT2D eigenvalue weighted by Gasteiger charge is 2.12. The van der Waals surface area contributed by atoms with Crippen molar-refractivity contribution < 1.29 is 9.84 Å². The molecule has 2 N–H and O–H groups in total. The average molecular weight is 220 g/mol. The van der Waals surface area contributed by atoms with Crippen LogP contribution in [0, 0.1) is 6.42 Å². The minimum atomic E-state index is 0.242.